The second-order valence-corrected chi connectivity index (χ2v) is 5.44. The monoisotopic (exact) mass is 195 g/mol. The van der Waals surface area contributed by atoms with Gasteiger partial charge in [-0.15, -0.1) is 0 Å². The quantitative estimate of drug-likeness (QED) is 0.534. The van der Waals surface area contributed by atoms with E-state index in [-0.39, 0.29) is 0 Å². The molecule has 0 amide bonds. The van der Waals surface area contributed by atoms with Gasteiger partial charge in [-0.3, -0.25) is 0 Å². The van der Waals surface area contributed by atoms with Crippen molar-refractivity contribution in [1.29, 1.82) is 0 Å². The molecule has 3 heteroatoms. The predicted octanol–water partition coefficient (Wildman–Crippen LogP) is 2.58. The van der Waals surface area contributed by atoms with Crippen molar-refractivity contribution in [3.8, 4) is 11.5 Å². The Bertz CT molecular complexity index is 261. The normalized spacial score (nSPS) is 9.46. The maximum Gasteiger partial charge on any atom is 0.540 e. The first-order chi connectivity index (χ1) is 6.24. The molecule has 0 aliphatic carbocycles. The Kier molecular flexibility index (Phi) is 4.14. The number of aromatic hydroxyl groups is 1. The molecule has 0 aromatic heterocycles. The molecule has 0 saturated carbocycles. The Labute approximate surface area is 84.2 Å². The minimum Gasteiger partial charge on any atom is -0.636 e. The summed E-state index contributed by atoms with van der Waals surface area (Å²) in [6.45, 7) is 2.84. The van der Waals surface area contributed by atoms with Crippen LogP contribution in [0.3, 0.4) is 0 Å². The van der Waals surface area contributed by atoms with Gasteiger partial charge in [0.25, 0.3) is 5.75 Å². The maximum atomic E-state index is 5.74. The molecule has 0 unspecified atom stereocenters. The average molecular weight is 195 g/mol. The Morgan fingerprint density at radius 2 is 2.00 bits per heavy atom. The topological polar surface area (TPSA) is 22.0 Å². The summed E-state index contributed by atoms with van der Waals surface area (Å²) in [6, 6.07) is 7.96. The van der Waals surface area contributed by atoms with Gasteiger partial charge in [0.05, 0.1) is 0 Å². The second kappa shape index (κ2) is 5.16. The number of hydrogen-bond acceptors (Lipinski definition) is 1. The van der Waals surface area contributed by atoms with Crippen LogP contribution in [-0.2, 0) is 0 Å². The van der Waals surface area contributed by atoms with E-state index in [1.165, 1.54) is 0 Å². The number of aliphatic hydroxyl groups is 1. The number of benzene rings is 1. The second-order valence-electron chi connectivity index (χ2n) is 3.11. The van der Waals surface area contributed by atoms with Gasteiger partial charge in [-0.05, 0) is 6.07 Å². The lowest BCUT2D eigenvalue weighted by Gasteiger charge is -2.10. The molecule has 0 atom stereocenters. The van der Waals surface area contributed by atoms with Crippen molar-refractivity contribution in [3.05, 3.63) is 24.3 Å². The summed E-state index contributed by atoms with van der Waals surface area (Å²) in [6.07, 6.45) is 0. The number of ether oxygens (including phenoxy) is 1. The SMILES string of the molecule is CC[OH+]c1ccccc1[O][Al]([CH3])[CH3]. The molecule has 0 heterocycles. The first-order valence-electron chi connectivity index (χ1n) is 4.67. The highest BCUT2D eigenvalue weighted by Crippen LogP contribution is 2.27. The van der Waals surface area contributed by atoms with E-state index in [0.29, 0.717) is 0 Å². The largest absolute Gasteiger partial charge is 0.636 e. The van der Waals surface area contributed by atoms with Crippen LogP contribution in [0.4, 0.5) is 0 Å². The first kappa shape index (κ1) is 10.4. The Hall–Kier alpha value is -0.648. The third-order valence-corrected chi connectivity index (χ3v) is 2.28. The zero-order valence-corrected chi connectivity index (χ0v) is 9.60. The number of rotatable bonds is 4. The van der Waals surface area contributed by atoms with Crippen LogP contribution in [0.2, 0.25) is 11.6 Å². The summed E-state index contributed by atoms with van der Waals surface area (Å²) >= 11 is -1.01. The highest BCUT2D eigenvalue weighted by molar-refractivity contribution is 6.49. The number of para-hydroxylation sites is 2. The zero-order chi connectivity index (χ0) is 9.68. The lowest BCUT2D eigenvalue weighted by atomic mass is 10.3. The molecule has 2 nitrogen and oxygen atoms in total. The molecule has 0 radical (unpaired) electrons. The summed E-state index contributed by atoms with van der Waals surface area (Å²) in [4.78, 5) is 0. The molecule has 1 rings (SSSR count). The van der Waals surface area contributed by atoms with Crippen LogP contribution in [0.1, 0.15) is 6.92 Å². The Morgan fingerprint density at radius 1 is 1.31 bits per heavy atom. The van der Waals surface area contributed by atoms with E-state index in [1.807, 2.05) is 31.2 Å². The third-order valence-electron chi connectivity index (χ3n) is 1.56. The van der Waals surface area contributed by atoms with E-state index in [0.717, 1.165) is 18.1 Å². The Balaban J connectivity index is 2.78. The molecule has 0 fully saturated rings. The van der Waals surface area contributed by atoms with Crippen molar-refractivity contribution in [2.24, 2.45) is 0 Å². The summed E-state index contributed by atoms with van der Waals surface area (Å²) in [5.74, 6) is 6.23. The van der Waals surface area contributed by atoms with E-state index in [1.54, 1.807) is 0 Å². The van der Waals surface area contributed by atoms with Crippen molar-refractivity contribution in [1.82, 2.24) is 0 Å². The van der Waals surface area contributed by atoms with Gasteiger partial charge in [0.15, 0.2) is 12.4 Å². The fraction of sp³-hybridized carbons (Fsp3) is 0.400. The Morgan fingerprint density at radius 3 is 2.62 bits per heavy atom. The van der Waals surface area contributed by atoms with Crippen molar-refractivity contribution >= 4 is 14.5 Å². The molecule has 1 N–H and O–H groups in total. The summed E-state index contributed by atoms with van der Waals surface area (Å²) in [5.41, 5.74) is 0. The summed E-state index contributed by atoms with van der Waals surface area (Å²) in [5, 5.41) is 0. The molecule has 13 heavy (non-hydrogen) atoms. The molecule has 0 bridgehead atoms. The van der Waals surface area contributed by atoms with Crippen molar-refractivity contribution < 1.29 is 8.53 Å². The summed E-state index contributed by atoms with van der Waals surface area (Å²) < 4.78 is 10.1. The molecule has 0 aliphatic heterocycles. The van der Waals surface area contributed by atoms with Crippen molar-refractivity contribution in [2.45, 2.75) is 18.5 Å². The van der Waals surface area contributed by atoms with E-state index >= 15 is 0 Å². The van der Waals surface area contributed by atoms with Crippen LogP contribution in [-0.4, -0.2) is 25.8 Å². The zero-order valence-electron chi connectivity index (χ0n) is 8.45. The average Bonchev–Trinajstić information content (AvgIpc) is 2.08. The predicted molar refractivity (Wildman–Crippen MR) is 56.8 cm³/mol. The van der Waals surface area contributed by atoms with Gasteiger partial charge in [-0.1, -0.05) is 23.7 Å². The minimum absolute atomic E-state index is 0.806. The van der Waals surface area contributed by atoms with Crippen LogP contribution >= 0.6 is 0 Å². The van der Waals surface area contributed by atoms with Crippen molar-refractivity contribution in [3.63, 3.8) is 0 Å². The smallest absolute Gasteiger partial charge is 0.540 e. The van der Waals surface area contributed by atoms with Gasteiger partial charge in [0.1, 0.15) is 0 Å². The van der Waals surface area contributed by atoms with E-state index in [9.17, 15) is 0 Å². The molecule has 0 spiro atoms. The number of hydrogen-bond donors (Lipinski definition) is 0. The molecular formula is C10H16AlO2+. The van der Waals surface area contributed by atoms with Crippen LogP contribution in [0.25, 0.3) is 0 Å². The minimum atomic E-state index is -1.01. The van der Waals surface area contributed by atoms with Crippen LogP contribution in [0.15, 0.2) is 24.3 Å². The van der Waals surface area contributed by atoms with Gasteiger partial charge in [0, 0.05) is 13.0 Å². The molecular weight excluding hydrogens is 179 g/mol. The van der Waals surface area contributed by atoms with Gasteiger partial charge < -0.3 is 8.53 Å². The van der Waals surface area contributed by atoms with Crippen LogP contribution in [0, 0.1) is 0 Å². The highest BCUT2D eigenvalue weighted by atomic mass is 27.2. The lowest BCUT2D eigenvalue weighted by molar-refractivity contribution is 0.0778. The fourth-order valence-corrected chi connectivity index (χ4v) is 1.82. The standard InChI is InChI=1S/C8H10O2.2CH3.Al/c1-2-10-8-6-4-3-5-7(8)9;;;/h3-6,9H,2H2,1H3;2*1H3;/q;;;+1. The van der Waals surface area contributed by atoms with E-state index < -0.39 is 14.5 Å². The molecule has 0 aliphatic rings. The highest BCUT2D eigenvalue weighted by Gasteiger charge is 2.13. The fourth-order valence-electron chi connectivity index (χ4n) is 1.11. The lowest BCUT2D eigenvalue weighted by Crippen LogP contribution is -2.11. The summed E-state index contributed by atoms with van der Waals surface area (Å²) in [7, 11) is 0. The van der Waals surface area contributed by atoms with E-state index in [4.69, 9.17) is 3.79 Å². The van der Waals surface area contributed by atoms with Crippen LogP contribution < -0.4 is 3.79 Å². The molecule has 0 saturated heterocycles. The maximum absolute atomic E-state index is 5.74. The first-order valence-corrected chi connectivity index (χ1v) is 7.45. The van der Waals surface area contributed by atoms with E-state index in [2.05, 4.69) is 16.3 Å². The van der Waals surface area contributed by atoms with Gasteiger partial charge in [-0.25, -0.2) is 0 Å². The van der Waals surface area contributed by atoms with Gasteiger partial charge >= 0.3 is 14.5 Å². The molecule has 70 valence electrons. The van der Waals surface area contributed by atoms with Gasteiger partial charge in [-0.2, -0.15) is 0 Å². The molecule has 1 aromatic rings. The molecule has 1 aromatic carbocycles. The van der Waals surface area contributed by atoms with Gasteiger partial charge in [0.2, 0.25) is 0 Å². The van der Waals surface area contributed by atoms with Crippen LogP contribution in [0.5, 0.6) is 11.5 Å². The van der Waals surface area contributed by atoms with Crippen molar-refractivity contribution in [2.75, 3.05) is 6.61 Å². The third kappa shape index (κ3) is 3.30.